The van der Waals surface area contributed by atoms with Gasteiger partial charge in [-0.05, 0) is 43.0 Å². The van der Waals surface area contributed by atoms with Gasteiger partial charge in [-0.25, -0.2) is 4.39 Å². The van der Waals surface area contributed by atoms with E-state index in [4.69, 9.17) is 0 Å². The average Bonchev–Trinajstić information content (AvgIpc) is 2.29. The van der Waals surface area contributed by atoms with Crippen molar-refractivity contribution < 1.29 is 23.9 Å². The van der Waals surface area contributed by atoms with Crippen molar-refractivity contribution in [3.63, 3.8) is 0 Å². The molecule has 4 nitrogen and oxygen atoms in total. The van der Waals surface area contributed by atoms with E-state index in [-0.39, 0.29) is 23.3 Å². The molecule has 0 aromatic heterocycles. The number of hydrogen-bond donors (Lipinski definition) is 1. The molecule has 114 valence electrons. The number of halogens is 1. The molecule has 0 saturated carbocycles. The molecule has 0 fully saturated rings. The summed E-state index contributed by atoms with van der Waals surface area (Å²) in [6.07, 6.45) is -0.0180. The van der Waals surface area contributed by atoms with Crippen LogP contribution in [-0.4, -0.2) is 22.6 Å². The maximum Gasteiger partial charge on any atom is 0.314 e. The van der Waals surface area contributed by atoms with Gasteiger partial charge in [0.1, 0.15) is 17.5 Å². The molecule has 0 aliphatic heterocycles. The Kier molecular flexibility index (Phi) is 4.99. The largest absolute Gasteiger partial charge is 0.481 e. The second kappa shape index (κ2) is 6.16. The predicted octanol–water partition coefficient (Wildman–Crippen LogP) is 3.02. The Labute approximate surface area is 123 Å². The normalized spacial score (nSPS) is 12.8. The lowest BCUT2D eigenvalue weighted by Crippen LogP contribution is -2.38. The van der Waals surface area contributed by atoms with Crippen molar-refractivity contribution in [1.29, 1.82) is 0 Å². The summed E-state index contributed by atoms with van der Waals surface area (Å²) in [5.41, 5.74) is -0.607. The fourth-order valence-corrected chi connectivity index (χ4v) is 2.51. The van der Waals surface area contributed by atoms with Crippen LogP contribution in [0.5, 0.6) is 0 Å². The quantitative estimate of drug-likeness (QED) is 0.646. The topological polar surface area (TPSA) is 71.4 Å². The average molecular weight is 294 g/mol. The highest BCUT2D eigenvalue weighted by Crippen LogP contribution is 2.34. The minimum Gasteiger partial charge on any atom is -0.481 e. The third kappa shape index (κ3) is 3.97. The fourth-order valence-electron chi connectivity index (χ4n) is 2.51. The molecule has 1 atom stereocenters. The van der Waals surface area contributed by atoms with Gasteiger partial charge in [-0.1, -0.05) is 13.8 Å². The van der Waals surface area contributed by atoms with Gasteiger partial charge in [0.05, 0.1) is 0 Å². The van der Waals surface area contributed by atoms with Gasteiger partial charge in [0.15, 0.2) is 5.78 Å². The summed E-state index contributed by atoms with van der Waals surface area (Å²) in [5.74, 6) is -3.90. The smallest absolute Gasteiger partial charge is 0.314 e. The third-order valence-corrected chi connectivity index (χ3v) is 3.44. The molecule has 0 amide bonds. The zero-order chi connectivity index (χ0) is 16.4. The van der Waals surface area contributed by atoms with E-state index in [1.807, 2.05) is 0 Å². The van der Waals surface area contributed by atoms with Gasteiger partial charge in [-0.3, -0.25) is 9.59 Å². The Hall–Kier alpha value is -2.04. The van der Waals surface area contributed by atoms with Crippen LogP contribution < -0.4 is 0 Å². The molecule has 1 rings (SSSR count). The first-order valence-electron chi connectivity index (χ1n) is 6.59. The van der Waals surface area contributed by atoms with Crippen LogP contribution in [0.15, 0.2) is 18.2 Å². The maximum absolute atomic E-state index is 13.3. The summed E-state index contributed by atoms with van der Waals surface area (Å²) in [7, 11) is 0. The zero-order valence-electron chi connectivity index (χ0n) is 12.6. The van der Waals surface area contributed by atoms with E-state index >= 15 is 0 Å². The lowest BCUT2D eigenvalue weighted by atomic mass is 9.72. The second-order valence-corrected chi connectivity index (χ2v) is 5.97. The van der Waals surface area contributed by atoms with E-state index in [1.165, 1.54) is 26.0 Å². The molecular weight excluding hydrogens is 275 g/mol. The number of benzene rings is 1. The molecule has 1 aromatic carbocycles. The van der Waals surface area contributed by atoms with E-state index in [1.54, 1.807) is 13.8 Å². The van der Waals surface area contributed by atoms with Gasteiger partial charge in [0, 0.05) is 12.0 Å². The molecule has 1 unspecified atom stereocenters. The summed E-state index contributed by atoms with van der Waals surface area (Å²) in [5, 5.41) is 9.37. The predicted molar refractivity (Wildman–Crippen MR) is 75.7 cm³/mol. The first-order chi connectivity index (χ1) is 9.56. The lowest BCUT2D eigenvalue weighted by Gasteiger charge is -2.29. The van der Waals surface area contributed by atoms with Gasteiger partial charge in [-0.15, -0.1) is 0 Å². The van der Waals surface area contributed by atoms with Crippen molar-refractivity contribution in [2.24, 2.45) is 11.3 Å². The first kappa shape index (κ1) is 17.0. The van der Waals surface area contributed by atoms with Crippen molar-refractivity contribution in [2.75, 3.05) is 0 Å². The number of ketones is 2. The van der Waals surface area contributed by atoms with Gasteiger partial charge in [0.2, 0.25) is 0 Å². The summed E-state index contributed by atoms with van der Waals surface area (Å²) in [6.45, 7) is 6.00. The SMILES string of the molecule is CC(=O)CC(C)(C)C(C(=O)O)C(=O)c1ccc(F)c(C)c1. The summed E-state index contributed by atoms with van der Waals surface area (Å²) in [6, 6.07) is 3.74. The fraction of sp³-hybridized carbons (Fsp3) is 0.438. The Morgan fingerprint density at radius 2 is 1.86 bits per heavy atom. The maximum atomic E-state index is 13.3. The van der Waals surface area contributed by atoms with Crippen molar-refractivity contribution >= 4 is 17.5 Å². The standard InChI is InChI=1S/C16H19FO4/c1-9-7-11(5-6-12(9)17)14(19)13(15(20)21)16(3,4)8-10(2)18/h5-7,13H,8H2,1-4H3,(H,20,21). The molecule has 0 aliphatic carbocycles. The number of carbonyl (C=O) groups is 3. The Bertz CT molecular complexity index is 590. The number of Topliss-reactive ketones (excluding diaryl/α,β-unsaturated/α-hetero) is 2. The molecule has 5 heteroatoms. The number of carboxylic acids is 1. The Balaban J connectivity index is 3.22. The number of carboxylic acid groups (broad SMARTS) is 1. The number of hydrogen-bond acceptors (Lipinski definition) is 3. The minimum atomic E-state index is -1.36. The van der Waals surface area contributed by atoms with Crippen molar-refractivity contribution in [1.82, 2.24) is 0 Å². The van der Waals surface area contributed by atoms with Crippen LogP contribution in [0.4, 0.5) is 4.39 Å². The van der Waals surface area contributed by atoms with Gasteiger partial charge >= 0.3 is 5.97 Å². The molecule has 0 saturated heterocycles. The lowest BCUT2D eigenvalue weighted by molar-refractivity contribution is -0.143. The number of carbonyl (C=O) groups excluding carboxylic acids is 2. The first-order valence-corrected chi connectivity index (χ1v) is 6.59. The second-order valence-electron chi connectivity index (χ2n) is 5.97. The highest BCUT2D eigenvalue weighted by molar-refractivity contribution is 6.09. The molecule has 0 bridgehead atoms. The molecule has 1 aromatic rings. The Morgan fingerprint density at radius 3 is 2.29 bits per heavy atom. The van der Waals surface area contributed by atoms with E-state index in [9.17, 15) is 23.9 Å². The molecule has 21 heavy (non-hydrogen) atoms. The molecule has 0 spiro atoms. The highest BCUT2D eigenvalue weighted by Gasteiger charge is 2.41. The van der Waals surface area contributed by atoms with Crippen LogP contribution in [-0.2, 0) is 9.59 Å². The summed E-state index contributed by atoms with van der Waals surface area (Å²) in [4.78, 5) is 35.2. The Morgan fingerprint density at radius 1 is 1.29 bits per heavy atom. The van der Waals surface area contributed by atoms with E-state index in [2.05, 4.69) is 0 Å². The highest BCUT2D eigenvalue weighted by atomic mass is 19.1. The van der Waals surface area contributed by atoms with E-state index < -0.39 is 28.9 Å². The van der Waals surface area contributed by atoms with Crippen LogP contribution in [0.2, 0.25) is 0 Å². The van der Waals surface area contributed by atoms with Crippen LogP contribution in [0.3, 0.4) is 0 Å². The number of aliphatic carboxylic acids is 1. The summed E-state index contributed by atoms with van der Waals surface area (Å²) < 4.78 is 13.3. The zero-order valence-corrected chi connectivity index (χ0v) is 12.6. The third-order valence-electron chi connectivity index (χ3n) is 3.44. The van der Waals surface area contributed by atoms with Gasteiger partial charge in [0.25, 0.3) is 0 Å². The molecular formula is C16H19FO4. The number of rotatable bonds is 6. The van der Waals surface area contributed by atoms with Crippen LogP contribution in [0.25, 0.3) is 0 Å². The van der Waals surface area contributed by atoms with Crippen LogP contribution >= 0.6 is 0 Å². The van der Waals surface area contributed by atoms with Gasteiger partial charge < -0.3 is 9.90 Å². The van der Waals surface area contributed by atoms with Crippen molar-refractivity contribution in [3.05, 3.63) is 35.1 Å². The van der Waals surface area contributed by atoms with Gasteiger partial charge in [-0.2, -0.15) is 0 Å². The van der Waals surface area contributed by atoms with Crippen LogP contribution in [0.1, 0.15) is 43.1 Å². The molecule has 1 N–H and O–H groups in total. The number of aryl methyl sites for hydroxylation is 1. The van der Waals surface area contributed by atoms with E-state index in [0.717, 1.165) is 6.07 Å². The molecule has 0 heterocycles. The monoisotopic (exact) mass is 294 g/mol. The van der Waals surface area contributed by atoms with Crippen molar-refractivity contribution in [2.45, 2.75) is 34.1 Å². The summed E-state index contributed by atoms with van der Waals surface area (Å²) >= 11 is 0. The minimum absolute atomic E-state index is 0.0180. The van der Waals surface area contributed by atoms with Crippen molar-refractivity contribution in [3.8, 4) is 0 Å². The van der Waals surface area contributed by atoms with E-state index in [0.29, 0.717) is 0 Å². The molecule has 0 aliphatic rings. The molecule has 0 radical (unpaired) electrons. The van der Waals surface area contributed by atoms with Crippen LogP contribution in [0, 0.1) is 24.1 Å².